The Hall–Kier alpha value is -4.25. The van der Waals surface area contributed by atoms with E-state index in [1.807, 2.05) is 37.3 Å². The molecule has 5 aromatic carbocycles. The first-order chi connectivity index (χ1) is 19.0. The Labute approximate surface area is 227 Å². The number of anilines is 1. The van der Waals surface area contributed by atoms with Crippen LogP contribution in [0.1, 0.15) is 18.1 Å². The topological polar surface area (TPSA) is 76.6 Å². The number of amides is 2. The molecule has 1 aromatic heterocycles. The number of fused-ring (bicyclic) bond motifs is 7. The normalized spacial score (nSPS) is 12.2. The smallest absolute Gasteiger partial charge is 0.387 e. The van der Waals surface area contributed by atoms with Gasteiger partial charge in [-0.3, -0.25) is 4.52 Å². The molecule has 7 heteroatoms. The number of hydrogen-bond acceptors (Lipinski definition) is 4. The van der Waals surface area contributed by atoms with Gasteiger partial charge < -0.3 is 19.0 Å². The highest BCUT2D eigenvalue weighted by atomic mass is 31.1. The van der Waals surface area contributed by atoms with Gasteiger partial charge in [0.1, 0.15) is 11.2 Å². The second-order valence-corrected chi connectivity index (χ2v) is 10.9. The van der Waals surface area contributed by atoms with Crippen molar-refractivity contribution in [2.45, 2.75) is 26.8 Å². The molecule has 1 unspecified atom stereocenters. The molecule has 0 spiro atoms. The third kappa shape index (κ3) is 4.97. The first-order valence-corrected chi connectivity index (χ1v) is 14.0. The van der Waals surface area contributed by atoms with E-state index in [9.17, 15) is 4.79 Å². The number of rotatable bonds is 5. The van der Waals surface area contributed by atoms with Crippen molar-refractivity contribution in [1.82, 2.24) is 5.32 Å². The van der Waals surface area contributed by atoms with Crippen molar-refractivity contribution in [3.8, 4) is 0 Å². The molecule has 39 heavy (non-hydrogen) atoms. The molecule has 0 radical (unpaired) electrons. The zero-order valence-corrected chi connectivity index (χ0v) is 22.9. The average molecular weight is 537 g/mol. The van der Waals surface area contributed by atoms with Crippen molar-refractivity contribution in [3.63, 3.8) is 0 Å². The molecular weight excluding hydrogens is 507 g/mol. The molecule has 6 aromatic rings. The summed E-state index contributed by atoms with van der Waals surface area (Å²) in [4.78, 5) is 12.5. The van der Waals surface area contributed by atoms with Crippen LogP contribution in [0, 0.1) is 13.8 Å². The third-order valence-corrected chi connectivity index (χ3v) is 7.82. The van der Waals surface area contributed by atoms with Crippen LogP contribution in [0.2, 0.25) is 0 Å². The summed E-state index contributed by atoms with van der Waals surface area (Å²) in [6.07, 6.45) is 0. The van der Waals surface area contributed by atoms with Crippen LogP contribution in [0.3, 0.4) is 0 Å². The number of carbonyl (C=O) groups excluding carboxylic acids is 1. The second kappa shape index (κ2) is 10.5. The quantitative estimate of drug-likeness (QED) is 0.231. The Morgan fingerprint density at radius 1 is 0.795 bits per heavy atom. The van der Waals surface area contributed by atoms with Crippen molar-refractivity contribution in [1.29, 1.82) is 0 Å². The fourth-order valence-corrected chi connectivity index (χ4v) is 6.27. The van der Waals surface area contributed by atoms with Crippen LogP contribution in [-0.2, 0) is 0 Å². The largest absolute Gasteiger partial charge is 0.399 e. The number of hydrogen-bond donors (Lipinski definition) is 2. The number of carbonyl (C=O) groups is 1. The van der Waals surface area contributed by atoms with Crippen LogP contribution in [0.4, 0.5) is 10.5 Å². The van der Waals surface area contributed by atoms with E-state index in [2.05, 4.69) is 85.1 Å². The van der Waals surface area contributed by atoms with E-state index in [4.69, 9.17) is 12.9 Å². The van der Waals surface area contributed by atoms with Crippen molar-refractivity contribution in [2.24, 2.45) is 0 Å². The standard InChI is InChI=1S/C32H29N2O4P/c1-20-17-23-11-7-9-15-26(23)28-29-27-16-10-8-12-24(27)18-21(2)31(29)38-39(37-30(20)28)36-19-22(3)33-32(35)34-25-13-5-4-6-14-25/h4-18,22H,19H2,1-3H3,(H2,33,34,35). The monoisotopic (exact) mass is 536 g/mol. The molecule has 2 N–H and O–H groups in total. The Kier molecular flexibility index (Phi) is 6.74. The molecule has 0 saturated carbocycles. The molecule has 0 aliphatic rings. The first kappa shape index (κ1) is 25.1. The lowest BCUT2D eigenvalue weighted by Gasteiger charge is -2.13. The lowest BCUT2D eigenvalue weighted by atomic mass is 9.95. The van der Waals surface area contributed by atoms with E-state index in [-0.39, 0.29) is 18.7 Å². The summed E-state index contributed by atoms with van der Waals surface area (Å²) in [7, 11) is -1.79. The van der Waals surface area contributed by atoms with Gasteiger partial charge in [-0.2, -0.15) is 0 Å². The van der Waals surface area contributed by atoms with Gasteiger partial charge in [-0.25, -0.2) is 4.79 Å². The van der Waals surface area contributed by atoms with Gasteiger partial charge in [0.25, 0.3) is 0 Å². The maximum atomic E-state index is 12.5. The van der Waals surface area contributed by atoms with Gasteiger partial charge in [-0.05, 0) is 77.7 Å². The van der Waals surface area contributed by atoms with Crippen LogP contribution in [0.25, 0.3) is 43.5 Å². The van der Waals surface area contributed by atoms with Crippen molar-refractivity contribution >= 4 is 63.4 Å². The molecule has 2 amide bonds. The lowest BCUT2D eigenvalue weighted by molar-refractivity contribution is 0.243. The molecular formula is C32H29N2O4P. The van der Waals surface area contributed by atoms with Gasteiger partial charge >= 0.3 is 14.3 Å². The highest BCUT2D eigenvalue weighted by Gasteiger charge is 2.17. The Morgan fingerprint density at radius 2 is 1.31 bits per heavy atom. The molecule has 6 nitrogen and oxygen atoms in total. The molecule has 196 valence electrons. The summed E-state index contributed by atoms with van der Waals surface area (Å²) in [5, 5.41) is 12.3. The van der Waals surface area contributed by atoms with Crippen molar-refractivity contribution in [3.05, 3.63) is 102 Å². The fourth-order valence-electron chi connectivity index (χ4n) is 5.02. The molecule has 0 aliphatic heterocycles. The summed E-state index contributed by atoms with van der Waals surface area (Å²) < 4.78 is 19.3. The van der Waals surface area contributed by atoms with E-state index < -0.39 is 8.24 Å². The molecule has 0 bridgehead atoms. The summed E-state index contributed by atoms with van der Waals surface area (Å²) >= 11 is 0. The maximum Gasteiger partial charge on any atom is 0.387 e. The number of urea groups is 1. The Morgan fingerprint density at radius 3 is 1.87 bits per heavy atom. The van der Waals surface area contributed by atoms with E-state index in [0.717, 1.165) is 60.3 Å². The minimum Gasteiger partial charge on any atom is -0.399 e. The van der Waals surface area contributed by atoms with Gasteiger partial charge in [0.15, 0.2) is 0 Å². The predicted molar refractivity (Wildman–Crippen MR) is 160 cm³/mol. The molecule has 1 heterocycles. The lowest BCUT2D eigenvalue weighted by Crippen LogP contribution is -2.39. The van der Waals surface area contributed by atoms with E-state index in [1.54, 1.807) is 0 Å². The molecule has 0 saturated heterocycles. The Balaban J connectivity index is 1.45. The van der Waals surface area contributed by atoms with E-state index in [1.165, 1.54) is 0 Å². The molecule has 1 atom stereocenters. The number of para-hydroxylation sites is 1. The molecule has 0 fully saturated rings. The number of aryl methyl sites for hydroxylation is 2. The average Bonchev–Trinajstić information content (AvgIpc) is 3.11. The summed E-state index contributed by atoms with van der Waals surface area (Å²) in [6, 6.07) is 29.7. The van der Waals surface area contributed by atoms with E-state index in [0.29, 0.717) is 0 Å². The van der Waals surface area contributed by atoms with Crippen LogP contribution in [0.15, 0.2) is 99.4 Å². The van der Waals surface area contributed by atoms with Crippen LogP contribution in [-0.4, -0.2) is 18.7 Å². The first-order valence-electron chi connectivity index (χ1n) is 12.9. The highest BCUT2D eigenvalue weighted by Crippen LogP contribution is 2.42. The minimum absolute atomic E-state index is 0.220. The molecule has 0 aliphatic carbocycles. The summed E-state index contributed by atoms with van der Waals surface area (Å²) in [5.74, 6) is 0. The zero-order chi connectivity index (χ0) is 26.9. The van der Waals surface area contributed by atoms with Gasteiger partial charge in [-0.15, -0.1) is 0 Å². The van der Waals surface area contributed by atoms with Crippen LogP contribution < -0.4 is 15.2 Å². The zero-order valence-electron chi connectivity index (χ0n) is 22.0. The number of nitrogens with one attached hydrogen (secondary N) is 2. The highest BCUT2D eigenvalue weighted by molar-refractivity contribution is 7.31. The van der Waals surface area contributed by atoms with Crippen molar-refractivity contribution in [2.75, 3.05) is 11.9 Å². The summed E-state index contributed by atoms with van der Waals surface area (Å²) in [6.45, 7) is 6.22. The fraction of sp³-hybridized carbons (Fsp3) is 0.156. The third-order valence-electron chi connectivity index (χ3n) is 6.80. The SMILES string of the molecule is Cc1cc2ccccc2c2c1op(OCC(C)NC(=O)Nc1ccccc1)oc1c(C)cc3ccccc3c12. The van der Waals surface area contributed by atoms with Gasteiger partial charge in [0.05, 0.1) is 12.6 Å². The number of benzene rings is 5. The summed E-state index contributed by atoms with van der Waals surface area (Å²) in [5.41, 5.74) is 4.26. The Bertz CT molecular complexity index is 1780. The van der Waals surface area contributed by atoms with Gasteiger partial charge in [0.2, 0.25) is 0 Å². The maximum absolute atomic E-state index is 12.5. The second-order valence-electron chi connectivity index (χ2n) is 9.80. The van der Waals surface area contributed by atoms with Gasteiger partial charge in [0, 0.05) is 16.5 Å². The predicted octanol–water partition coefficient (Wildman–Crippen LogP) is 8.85. The van der Waals surface area contributed by atoms with Crippen LogP contribution >= 0.6 is 8.24 Å². The van der Waals surface area contributed by atoms with Crippen LogP contribution in [0.5, 0.6) is 0 Å². The minimum atomic E-state index is -1.79. The molecule has 6 rings (SSSR count). The van der Waals surface area contributed by atoms with Gasteiger partial charge in [-0.1, -0.05) is 66.7 Å². The van der Waals surface area contributed by atoms with Crippen molar-refractivity contribution < 1.29 is 17.7 Å². The van der Waals surface area contributed by atoms with E-state index >= 15 is 0 Å².